The fourth-order valence-electron chi connectivity index (χ4n) is 1.45. The molecule has 0 radical (unpaired) electrons. The van der Waals surface area contributed by atoms with Crippen molar-refractivity contribution in [3.05, 3.63) is 11.8 Å². The number of rotatable bonds is 3. The first-order chi connectivity index (χ1) is 6.65. The first-order valence-corrected chi connectivity index (χ1v) is 5.84. The maximum Gasteiger partial charge on any atom is 0.227 e. The molecule has 1 aliphatic rings. The molecule has 1 rings (SSSR count). The Labute approximate surface area is 92.3 Å². The van der Waals surface area contributed by atoms with Crippen molar-refractivity contribution in [3.8, 4) is 0 Å². The molecule has 0 aromatic rings. The predicted molar refractivity (Wildman–Crippen MR) is 58.1 cm³/mol. The smallest absolute Gasteiger partial charge is 0.227 e. The molecule has 0 fully saturated rings. The fourth-order valence-corrected chi connectivity index (χ4v) is 1.78. The molecule has 0 atom stereocenters. The topological polar surface area (TPSA) is 37.4 Å². The first kappa shape index (κ1) is 11.4. The highest BCUT2D eigenvalue weighted by Gasteiger charge is 2.17. The Kier molecular flexibility index (Phi) is 4.32. The Hall–Kier alpha value is -0.640. The van der Waals surface area contributed by atoms with Gasteiger partial charge in [0.15, 0.2) is 5.78 Å². The van der Waals surface area contributed by atoms with Gasteiger partial charge in [-0.25, -0.2) is 0 Å². The highest BCUT2D eigenvalue weighted by Crippen LogP contribution is 2.16. The summed E-state index contributed by atoms with van der Waals surface area (Å²) < 4.78 is 0. The fraction of sp³-hybridized carbons (Fsp3) is 0.600. The zero-order chi connectivity index (χ0) is 10.6. The quantitative estimate of drug-likeness (QED) is 0.726. The van der Waals surface area contributed by atoms with E-state index in [9.17, 15) is 9.59 Å². The van der Waals surface area contributed by atoms with Gasteiger partial charge in [0.05, 0.1) is 0 Å². The summed E-state index contributed by atoms with van der Waals surface area (Å²) in [5.41, 5.74) is 0.763. The molecular weight excluding hydrogens is 246 g/mol. The molecule has 0 aromatic carbocycles. The molecule has 0 aliphatic carbocycles. The van der Waals surface area contributed by atoms with Crippen LogP contribution in [0.3, 0.4) is 0 Å². The number of hydrogen-bond donors (Lipinski definition) is 0. The molecule has 0 saturated carbocycles. The van der Waals surface area contributed by atoms with Crippen LogP contribution in [0.5, 0.6) is 0 Å². The average molecular weight is 260 g/mol. The van der Waals surface area contributed by atoms with Gasteiger partial charge in [0, 0.05) is 30.1 Å². The number of hydrogen-bond acceptors (Lipinski definition) is 2. The average Bonchev–Trinajstić information content (AvgIpc) is 2.18. The molecular formula is C10H14BrNO2. The van der Waals surface area contributed by atoms with E-state index in [1.807, 2.05) is 0 Å². The minimum atomic E-state index is 0.0707. The lowest BCUT2D eigenvalue weighted by Crippen LogP contribution is -2.30. The minimum Gasteiger partial charge on any atom is -0.319 e. The van der Waals surface area contributed by atoms with Crippen molar-refractivity contribution >= 4 is 27.6 Å². The van der Waals surface area contributed by atoms with Gasteiger partial charge in [-0.15, -0.1) is 0 Å². The van der Waals surface area contributed by atoms with E-state index in [0.29, 0.717) is 11.8 Å². The van der Waals surface area contributed by atoms with Crippen LogP contribution in [0.1, 0.15) is 26.2 Å². The van der Waals surface area contributed by atoms with E-state index >= 15 is 0 Å². The number of ketones is 1. The number of alkyl halides is 1. The van der Waals surface area contributed by atoms with Crippen LogP contribution < -0.4 is 0 Å². The first-order valence-electron chi connectivity index (χ1n) is 4.72. The third kappa shape index (κ3) is 2.94. The Balaban J connectivity index is 2.67. The van der Waals surface area contributed by atoms with Crippen LogP contribution in [0, 0.1) is 0 Å². The maximum absolute atomic E-state index is 11.5. The summed E-state index contributed by atoms with van der Waals surface area (Å²) in [6.07, 6.45) is 3.88. The second-order valence-corrected chi connectivity index (χ2v) is 4.13. The van der Waals surface area contributed by atoms with Crippen molar-refractivity contribution in [2.75, 3.05) is 11.9 Å². The van der Waals surface area contributed by atoms with Crippen molar-refractivity contribution in [2.45, 2.75) is 26.2 Å². The zero-order valence-corrected chi connectivity index (χ0v) is 9.84. The maximum atomic E-state index is 11.5. The van der Waals surface area contributed by atoms with E-state index in [0.717, 1.165) is 25.0 Å². The molecule has 0 N–H and O–H groups in total. The predicted octanol–water partition coefficient (Wildman–Crippen LogP) is 1.87. The van der Waals surface area contributed by atoms with E-state index in [4.69, 9.17) is 0 Å². The van der Waals surface area contributed by atoms with Crippen LogP contribution >= 0.6 is 15.9 Å². The van der Waals surface area contributed by atoms with Gasteiger partial charge in [0.2, 0.25) is 5.91 Å². The second-order valence-electron chi connectivity index (χ2n) is 3.34. The molecule has 3 nitrogen and oxygen atoms in total. The number of nitrogens with zero attached hydrogens (tertiary/aromatic N) is 1. The number of Topliss-reactive ketones (excluding diaryl/α,β-unsaturated/α-hetero) is 1. The van der Waals surface area contributed by atoms with Crippen LogP contribution in [0.25, 0.3) is 0 Å². The molecule has 1 heterocycles. The van der Waals surface area contributed by atoms with Crippen LogP contribution in [-0.4, -0.2) is 28.5 Å². The van der Waals surface area contributed by atoms with Gasteiger partial charge in [-0.05, 0) is 19.8 Å². The molecule has 0 aromatic heterocycles. The summed E-state index contributed by atoms with van der Waals surface area (Å²) in [5, 5.41) is 0.672. The lowest BCUT2D eigenvalue weighted by molar-refractivity contribution is -0.128. The number of carbonyl (C=O) groups is 2. The second kappa shape index (κ2) is 5.29. The van der Waals surface area contributed by atoms with Crippen LogP contribution in [-0.2, 0) is 9.59 Å². The summed E-state index contributed by atoms with van der Waals surface area (Å²) in [6, 6.07) is 0. The highest BCUT2D eigenvalue weighted by molar-refractivity contribution is 9.09. The van der Waals surface area contributed by atoms with E-state index in [1.165, 1.54) is 0 Å². The summed E-state index contributed by atoms with van der Waals surface area (Å²) in [5.74, 6) is 0.154. The molecule has 14 heavy (non-hydrogen) atoms. The summed E-state index contributed by atoms with van der Waals surface area (Å²) >= 11 is 3.23. The number of carbonyl (C=O) groups excluding carboxylic acids is 2. The van der Waals surface area contributed by atoms with E-state index in [1.54, 1.807) is 18.0 Å². The van der Waals surface area contributed by atoms with E-state index in [-0.39, 0.29) is 11.7 Å². The molecule has 0 saturated heterocycles. The van der Waals surface area contributed by atoms with Gasteiger partial charge in [0.1, 0.15) is 0 Å². The third-order valence-corrected chi connectivity index (χ3v) is 2.63. The highest BCUT2D eigenvalue weighted by atomic mass is 79.9. The van der Waals surface area contributed by atoms with Crippen molar-refractivity contribution in [2.24, 2.45) is 0 Å². The Morgan fingerprint density at radius 3 is 2.86 bits per heavy atom. The zero-order valence-electron chi connectivity index (χ0n) is 8.25. The lowest BCUT2D eigenvalue weighted by atomic mass is 10.0. The third-order valence-electron chi connectivity index (χ3n) is 2.24. The van der Waals surface area contributed by atoms with Crippen LogP contribution in [0.15, 0.2) is 11.8 Å². The van der Waals surface area contributed by atoms with Crippen molar-refractivity contribution < 1.29 is 9.59 Å². The van der Waals surface area contributed by atoms with Crippen molar-refractivity contribution in [1.29, 1.82) is 0 Å². The number of allylic oxidation sites excluding steroid dienone is 1. The van der Waals surface area contributed by atoms with Crippen molar-refractivity contribution in [1.82, 2.24) is 4.90 Å². The standard InChI is InChI=1S/C10H14BrNO2/c1-8(13)9-3-2-6-12(7-9)10(14)4-5-11/h7H,2-6H2,1H3. The summed E-state index contributed by atoms with van der Waals surface area (Å²) in [4.78, 5) is 24.3. The Bertz CT molecular complexity index is 273. The SMILES string of the molecule is CC(=O)C1=CN(C(=O)CCBr)CCC1. The molecule has 0 unspecified atom stereocenters. The monoisotopic (exact) mass is 259 g/mol. The summed E-state index contributed by atoms with van der Waals surface area (Å²) in [7, 11) is 0. The largest absolute Gasteiger partial charge is 0.319 e. The Morgan fingerprint density at radius 2 is 2.29 bits per heavy atom. The van der Waals surface area contributed by atoms with Gasteiger partial charge in [-0.1, -0.05) is 15.9 Å². The number of halogens is 1. The van der Waals surface area contributed by atoms with Gasteiger partial charge in [0.25, 0.3) is 0 Å². The van der Waals surface area contributed by atoms with Crippen LogP contribution in [0.4, 0.5) is 0 Å². The Morgan fingerprint density at radius 1 is 1.57 bits per heavy atom. The van der Waals surface area contributed by atoms with E-state index < -0.39 is 0 Å². The molecule has 0 bridgehead atoms. The summed E-state index contributed by atoms with van der Waals surface area (Å²) in [6.45, 7) is 2.28. The lowest BCUT2D eigenvalue weighted by Gasteiger charge is -2.23. The van der Waals surface area contributed by atoms with Crippen molar-refractivity contribution in [3.63, 3.8) is 0 Å². The molecule has 0 spiro atoms. The minimum absolute atomic E-state index is 0.0707. The van der Waals surface area contributed by atoms with Gasteiger partial charge in [-0.3, -0.25) is 9.59 Å². The van der Waals surface area contributed by atoms with Gasteiger partial charge in [-0.2, -0.15) is 0 Å². The molecule has 4 heteroatoms. The van der Waals surface area contributed by atoms with E-state index in [2.05, 4.69) is 15.9 Å². The van der Waals surface area contributed by atoms with Crippen LogP contribution in [0.2, 0.25) is 0 Å². The molecule has 1 aliphatic heterocycles. The number of amides is 1. The molecule has 1 amide bonds. The van der Waals surface area contributed by atoms with Gasteiger partial charge < -0.3 is 4.90 Å². The normalized spacial score (nSPS) is 16.4. The van der Waals surface area contributed by atoms with Gasteiger partial charge >= 0.3 is 0 Å². The molecule has 78 valence electrons.